The van der Waals surface area contributed by atoms with Crippen molar-refractivity contribution in [3.05, 3.63) is 0 Å². The van der Waals surface area contributed by atoms with E-state index in [2.05, 4.69) is 25.8 Å². The SMILES string of the molecule is CC(O)C(C)(C)CN(C)CC1CCOCC1. The Balaban J connectivity index is 2.31. The predicted molar refractivity (Wildman–Crippen MR) is 66.5 cm³/mol. The first-order valence-corrected chi connectivity index (χ1v) is 6.36. The van der Waals surface area contributed by atoms with Gasteiger partial charge < -0.3 is 14.7 Å². The number of hydrogen-bond donors (Lipinski definition) is 1. The molecule has 1 fully saturated rings. The van der Waals surface area contributed by atoms with Crippen molar-refractivity contribution < 1.29 is 9.84 Å². The lowest BCUT2D eigenvalue weighted by molar-refractivity contribution is 0.0230. The lowest BCUT2D eigenvalue weighted by Gasteiger charge is -2.35. The summed E-state index contributed by atoms with van der Waals surface area (Å²) in [6.45, 7) is 10.0. The van der Waals surface area contributed by atoms with Gasteiger partial charge in [-0.05, 0) is 32.7 Å². The van der Waals surface area contributed by atoms with E-state index < -0.39 is 0 Å². The Morgan fingerprint density at radius 3 is 2.44 bits per heavy atom. The molecule has 1 unspecified atom stereocenters. The summed E-state index contributed by atoms with van der Waals surface area (Å²) >= 11 is 0. The summed E-state index contributed by atoms with van der Waals surface area (Å²) in [7, 11) is 2.15. The predicted octanol–water partition coefficient (Wildman–Crippen LogP) is 1.75. The molecule has 1 N–H and O–H groups in total. The molecule has 16 heavy (non-hydrogen) atoms. The summed E-state index contributed by atoms with van der Waals surface area (Å²) in [6.07, 6.45) is 2.10. The van der Waals surface area contributed by atoms with Crippen molar-refractivity contribution in [2.45, 2.75) is 39.7 Å². The van der Waals surface area contributed by atoms with Crippen LogP contribution in [0.1, 0.15) is 33.6 Å². The fraction of sp³-hybridized carbons (Fsp3) is 1.00. The second-order valence-electron chi connectivity index (χ2n) is 5.92. The topological polar surface area (TPSA) is 32.7 Å². The molecule has 1 atom stereocenters. The van der Waals surface area contributed by atoms with Gasteiger partial charge in [0.25, 0.3) is 0 Å². The monoisotopic (exact) mass is 229 g/mol. The molecule has 0 radical (unpaired) electrons. The zero-order valence-electron chi connectivity index (χ0n) is 11.2. The second-order valence-corrected chi connectivity index (χ2v) is 5.92. The number of rotatable bonds is 5. The molecule has 1 heterocycles. The van der Waals surface area contributed by atoms with Crippen LogP contribution >= 0.6 is 0 Å². The summed E-state index contributed by atoms with van der Waals surface area (Å²) in [5.41, 5.74) is -0.0279. The van der Waals surface area contributed by atoms with Gasteiger partial charge in [-0.3, -0.25) is 0 Å². The Hall–Kier alpha value is -0.120. The highest BCUT2D eigenvalue weighted by molar-refractivity contribution is 4.79. The van der Waals surface area contributed by atoms with E-state index in [9.17, 15) is 5.11 Å². The first-order valence-electron chi connectivity index (χ1n) is 6.36. The minimum Gasteiger partial charge on any atom is -0.393 e. The Labute approximate surface area is 99.8 Å². The molecule has 0 bridgehead atoms. The third-order valence-electron chi connectivity index (χ3n) is 3.72. The Kier molecular flexibility index (Phi) is 5.22. The van der Waals surface area contributed by atoms with E-state index in [1.807, 2.05) is 6.92 Å². The lowest BCUT2D eigenvalue weighted by Crippen LogP contribution is -2.41. The van der Waals surface area contributed by atoms with Crippen molar-refractivity contribution in [1.82, 2.24) is 4.90 Å². The van der Waals surface area contributed by atoms with Crippen molar-refractivity contribution in [3.63, 3.8) is 0 Å². The smallest absolute Gasteiger partial charge is 0.0575 e. The Morgan fingerprint density at radius 1 is 1.38 bits per heavy atom. The molecule has 0 amide bonds. The molecule has 0 aromatic heterocycles. The van der Waals surface area contributed by atoms with Gasteiger partial charge in [-0.25, -0.2) is 0 Å². The van der Waals surface area contributed by atoms with Gasteiger partial charge in [-0.2, -0.15) is 0 Å². The van der Waals surface area contributed by atoms with Crippen LogP contribution in [-0.2, 0) is 4.74 Å². The fourth-order valence-electron chi connectivity index (χ4n) is 2.26. The van der Waals surface area contributed by atoms with Crippen molar-refractivity contribution in [2.24, 2.45) is 11.3 Å². The van der Waals surface area contributed by atoms with Gasteiger partial charge in [0.15, 0.2) is 0 Å². The molecule has 1 rings (SSSR count). The molecule has 0 aliphatic carbocycles. The van der Waals surface area contributed by atoms with Gasteiger partial charge in [0.05, 0.1) is 6.10 Å². The van der Waals surface area contributed by atoms with Crippen LogP contribution in [0.2, 0.25) is 0 Å². The van der Waals surface area contributed by atoms with Crippen LogP contribution in [0.5, 0.6) is 0 Å². The number of aliphatic hydroxyl groups is 1. The highest BCUT2D eigenvalue weighted by Crippen LogP contribution is 2.23. The van der Waals surface area contributed by atoms with E-state index >= 15 is 0 Å². The quantitative estimate of drug-likeness (QED) is 0.779. The van der Waals surface area contributed by atoms with E-state index in [0.29, 0.717) is 0 Å². The number of hydrogen-bond acceptors (Lipinski definition) is 3. The van der Waals surface area contributed by atoms with Crippen molar-refractivity contribution in [1.29, 1.82) is 0 Å². The largest absolute Gasteiger partial charge is 0.393 e. The molecule has 3 heteroatoms. The molecule has 1 saturated heterocycles. The van der Waals surface area contributed by atoms with Gasteiger partial charge in [-0.1, -0.05) is 13.8 Å². The molecule has 3 nitrogen and oxygen atoms in total. The second kappa shape index (κ2) is 5.99. The Morgan fingerprint density at radius 2 is 1.94 bits per heavy atom. The number of ether oxygens (including phenoxy) is 1. The molecule has 1 aliphatic rings. The van der Waals surface area contributed by atoms with Crippen molar-refractivity contribution in [2.75, 3.05) is 33.4 Å². The molecule has 0 aromatic rings. The average Bonchev–Trinajstić information content (AvgIpc) is 2.17. The third-order valence-corrected chi connectivity index (χ3v) is 3.72. The molecule has 0 spiro atoms. The summed E-state index contributed by atoms with van der Waals surface area (Å²) in [5, 5.41) is 9.69. The van der Waals surface area contributed by atoms with Gasteiger partial charge in [-0.15, -0.1) is 0 Å². The highest BCUT2D eigenvalue weighted by Gasteiger charge is 2.26. The normalized spacial score (nSPS) is 21.4. The van der Waals surface area contributed by atoms with E-state index in [-0.39, 0.29) is 11.5 Å². The molecule has 0 aromatic carbocycles. The third kappa shape index (κ3) is 4.40. The standard InChI is InChI=1S/C13H27NO2/c1-11(15)13(2,3)10-14(4)9-12-5-7-16-8-6-12/h11-12,15H,5-10H2,1-4H3. The highest BCUT2D eigenvalue weighted by atomic mass is 16.5. The minimum absolute atomic E-state index is 0.0279. The summed E-state index contributed by atoms with van der Waals surface area (Å²) in [4.78, 5) is 2.35. The first-order chi connectivity index (χ1) is 7.42. The lowest BCUT2D eigenvalue weighted by atomic mass is 9.86. The van der Waals surface area contributed by atoms with Gasteiger partial charge >= 0.3 is 0 Å². The summed E-state index contributed by atoms with van der Waals surface area (Å²) in [6, 6.07) is 0. The Bertz CT molecular complexity index is 198. The van der Waals surface area contributed by atoms with Crippen LogP contribution in [0.25, 0.3) is 0 Å². The van der Waals surface area contributed by atoms with Crippen LogP contribution in [0.3, 0.4) is 0 Å². The minimum atomic E-state index is -0.260. The maximum atomic E-state index is 9.69. The van der Waals surface area contributed by atoms with Gasteiger partial charge in [0.2, 0.25) is 0 Å². The number of aliphatic hydroxyl groups excluding tert-OH is 1. The van der Waals surface area contributed by atoms with Crippen LogP contribution in [0.4, 0.5) is 0 Å². The molecule has 0 saturated carbocycles. The fourth-order valence-corrected chi connectivity index (χ4v) is 2.26. The number of nitrogens with zero attached hydrogens (tertiary/aromatic N) is 1. The maximum Gasteiger partial charge on any atom is 0.0575 e. The van der Waals surface area contributed by atoms with Crippen LogP contribution in [0.15, 0.2) is 0 Å². The van der Waals surface area contributed by atoms with E-state index in [0.717, 1.165) is 32.2 Å². The molecule has 96 valence electrons. The van der Waals surface area contributed by atoms with Gasteiger partial charge in [0, 0.05) is 31.7 Å². The van der Waals surface area contributed by atoms with Crippen LogP contribution in [-0.4, -0.2) is 49.5 Å². The average molecular weight is 229 g/mol. The van der Waals surface area contributed by atoms with Gasteiger partial charge in [0.1, 0.15) is 0 Å². The van der Waals surface area contributed by atoms with Crippen LogP contribution < -0.4 is 0 Å². The zero-order valence-corrected chi connectivity index (χ0v) is 11.2. The van der Waals surface area contributed by atoms with Crippen LogP contribution in [0, 0.1) is 11.3 Å². The van der Waals surface area contributed by atoms with E-state index in [4.69, 9.17) is 4.74 Å². The van der Waals surface area contributed by atoms with E-state index in [1.54, 1.807) is 0 Å². The summed E-state index contributed by atoms with van der Waals surface area (Å²) in [5.74, 6) is 0.767. The van der Waals surface area contributed by atoms with E-state index in [1.165, 1.54) is 12.8 Å². The zero-order chi connectivity index (χ0) is 12.2. The summed E-state index contributed by atoms with van der Waals surface area (Å²) < 4.78 is 5.36. The molecule has 1 aliphatic heterocycles. The van der Waals surface area contributed by atoms with Crippen molar-refractivity contribution >= 4 is 0 Å². The molecular formula is C13H27NO2. The molecular weight excluding hydrogens is 202 g/mol. The van der Waals surface area contributed by atoms with Crippen molar-refractivity contribution in [3.8, 4) is 0 Å². The first kappa shape index (κ1) is 13.9. The maximum absolute atomic E-state index is 9.69.